The van der Waals surface area contributed by atoms with Gasteiger partial charge in [0.2, 0.25) is 0 Å². The minimum atomic E-state index is -0.911. The number of pyridine rings is 1. The minimum Gasteiger partial charge on any atom is -0.444 e. The van der Waals surface area contributed by atoms with E-state index in [2.05, 4.69) is 4.98 Å². The van der Waals surface area contributed by atoms with Crippen molar-refractivity contribution in [1.29, 1.82) is 0 Å². The van der Waals surface area contributed by atoms with Crippen LogP contribution in [0.2, 0.25) is 0 Å². The predicted octanol–water partition coefficient (Wildman–Crippen LogP) is 2.72. The zero-order chi connectivity index (χ0) is 20.3. The first-order valence-electron chi connectivity index (χ1n) is 9.53. The maximum absolute atomic E-state index is 12.1. The first-order valence-corrected chi connectivity index (χ1v) is 9.03. The number of ether oxygens (including phenoxy) is 1. The molecule has 0 aliphatic carbocycles. The van der Waals surface area contributed by atoms with Gasteiger partial charge >= 0.3 is 13.2 Å². The summed E-state index contributed by atoms with van der Waals surface area (Å²) in [5.74, 6) is -0.911. The number of nitrogens with zero attached hydrogens (tertiary/aromatic N) is 2. The normalized spacial score (nSPS) is 24.0. The monoisotopic (exact) mass is 361 g/mol. The second-order valence-electron chi connectivity index (χ2n) is 9.00. The number of aromatic nitrogens is 1. The van der Waals surface area contributed by atoms with Gasteiger partial charge in [0.1, 0.15) is 5.60 Å². The molecular formula is C19H29BN2O4. The van der Waals surface area contributed by atoms with Crippen LogP contribution in [0.15, 0.2) is 18.3 Å². The van der Waals surface area contributed by atoms with Crippen molar-refractivity contribution in [2.24, 2.45) is 0 Å². The van der Waals surface area contributed by atoms with Gasteiger partial charge in [-0.1, -0.05) is 6.07 Å². The zero-order valence-electron chi connectivity index (χ0n) is 17.8. The van der Waals surface area contributed by atoms with Gasteiger partial charge in [0.05, 0.1) is 11.2 Å². The van der Waals surface area contributed by atoms with Gasteiger partial charge in [-0.3, -0.25) is 4.98 Å². The highest BCUT2D eigenvalue weighted by molar-refractivity contribution is 6.62. The van der Waals surface area contributed by atoms with E-state index in [1.807, 2.05) is 60.6 Å². The van der Waals surface area contributed by atoms with Crippen molar-refractivity contribution in [2.45, 2.75) is 71.2 Å². The first-order chi connectivity index (χ1) is 12.2. The molecule has 0 radical (unpaired) electrons. The number of hydrogen-bond acceptors (Lipinski definition) is 5. The highest BCUT2D eigenvalue weighted by Gasteiger charge is 2.51. The maximum Gasteiger partial charge on any atom is 0.496 e. The number of carbonyl (C=O) groups excluding carboxylic acids is 1. The molecule has 3 heterocycles. The molecule has 0 bridgehead atoms. The lowest BCUT2D eigenvalue weighted by Gasteiger charge is -2.39. The van der Waals surface area contributed by atoms with Crippen molar-refractivity contribution in [3.63, 3.8) is 0 Å². The molecule has 1 aromatic heterocycles. The molecule has 6 nitrogen and oxygen atoms in total. The van der Waals surface area contributed by atoms with Gasteiger partial charge in [0.15, 0.2) is 0 Å². The van der Waals surface area contributed by atoms with E-state index in [0.29, 0.717) is 5.69 Å². The van der Waals surface area contributed by atoms with E-state index in [-0.39, 0.29) is 19.2 Å². The molecule has 7 heteroatoms. The SMILES string of the molecule is [2H]C1(c2ccc(B3OC(C)(C)C(C)(C)O3)cn2)CN(C(=O)OC(C)(C)C)C1. The molecular weight excluding hydrogens is 331 g/mol. The molecule has 26 heavy (non-hydrogen) atoms. The summed E-state index contributed by atoms with van der Waals surface area (Å²) in [5.41, 5.74) is 0.0935. The summed E-state index contributed by atoms with van der Waals surface area (Å²) in [7, 11) is -0.474. The van der Waals surface area contributed by atoms with Crippen LogP contribution in [0.25, 0.3) is 0 Å². The summed E-state index contributed by atoms with van der Waals surface area (Å²) < 4.78 is 26.0. The molecule has 0 atom stereocenters. The van der Waals surface area contributed by atoms with Gasteiger partial charge in [0.25, 0.3) is 0 Å². The average molecular weight is 361 g/mol. The molecule has 0 saturated carbocycles. The summed E-state index contributed by atoms with van der Waals surface area (Å²) in [4.78, 5) is 18.1. The van der Waals surface area contributed by atoms with E-state index >= 15 is 0 Å². The Hall–Kier alpha value is -1.60. The molecule has 142 valence electrons. The second kappa shape index (κ2) is 6.24. The molecule has 0 aromatic carbocycles. The van der Waals surface area contributed by atoms with Crippen molar-refractivity contribution < 1.29 is 20.2 Å². The Bertz CT molecular complexity index is 708. The molecule has 0 N–H and O–H groups in total. The standard InChI is InChI=1S/C19H29BN2O4/c1-17(2,3)24-16(23)22-11-13(12-22)15-9-8-14(10-21-15)20-25-18(4,5)19(6,7)26-20/h8-10,13H,11-12H2,1-7H3/i13D. The average Bonchev–Trinajstić information content (AvgIpc) is 2.70. The number of likely N-dealkylation sites (tertiary alicyclic amines) is 1. The number of amides is 1. The quantitative estimate of drug-likeness (QED) is 0.758. The Morgan fingerprint density at radius 2 is 1.85 bits per heavy atom. The van der Waals surface area contributed by atoms with Gasteiger partial charge in [-0.15, -0.1) is 0 Å². The number of carbonyl (C=O) groups is 1. The lowest BCUT2D eigenvalue weighted by atomic mass is 9.80. The fourth-order valence-corrected chi connectivity index (χ4v) is 2.77. The Balaban J connectivity index is 1.64. The van der Waals surface area contributed by atoms with Crippen LogP contribution >= 0.6 is 0 Å². The zero-order valence-corrected chi connectivity index (χ0v) is 16.8. The third-order valence-electron chi connectivity index (χ3n) is 5.09. The summed E-state index contributed by atoms with van der Waals surface area (Å²) in [6.07, 6.45) is 1.31. The van der Waals surface area contributed by atoms with Crippen LogP contribution in [0.5, 0.6) is 0 Å². The Kier molecular flexibility index (Phi) is 4.27. The van der Waals surface area contributed by atoms with E-state index in [0.717, 1.165) is 5.46 Å². The topological polar surface area (TPSA) is 60.9 Å². The highest BCUT2D eigenvalue weighted by Crippen LogP contribution is 2.36. The molecule has 3 rings (SSSR count). The van der Waals surface area contributed by atoms with E-state index in [4.69, 9.17) is 15.4 Å². The van der Waals surface area contributed by atoms with Crippen molar-refractivity contribution in [1.82, 2.24) is 9.88 Å². The number of hydrogen-bond donors (Lipinski definition) is 0. The molecule has 0 unspecified atom stereocenters. The van der Waals surface area contributed by atoms with Gasteiger partial charge in [0, 0.05) is 37.7 Å². The van der Waals surface area contributed by atoms with Gasteiger partial charge in [-0.2, -0.15) is 0 Å². The van der Waals surface area contributed by atoms with Crippen LogP contribution in [0.3, 0.4) is 0 Å². The second-order valence-corrected chi connectivity index (χ2v) is 9.00. The van der Waals surface area contributed by atoms with Crippen LogP contribution in [0.1, 0.15) is 61.4 Å². The highest BCUT2D eigenvalue weighted by atomic mass is 16.7. The van der Waals surface area contributed by atoms with Gasteiger partial charge in [-0.25, -0.2) is 4.79 Å². The summed E-state index contributed by atoms with van der Waals surface area (Å²) in [6, 6.07) is 3.71. The fourth-order valence-electron chi connectivity index (χ4n) is 2.77. The predicted molar refractivity (Wildman–Crippen MR) is 101 cm³/mol. The summed E-state index contributed by atoms with van der Waals surface area (Å²) in [5, 5.41) is 0. The van der Waals surface area contributed by atoms with Crippen LogP contribution in [0, 0.1) is 0 Å². The van der Waals surface area contributed by atoms with E-state index in [1.54, 1.807) is 6.20 Å². The van der Waals surface area contributed by atoms with E-state index < -0.39 is 29.8 Å². The Morgan fingerprint density at radius 1 is 1.27 bits per heavy atom. The van der Waals surface area contributed by atoms with Gasteiger partial charge < -0.3 is 18.9 Å². The molecule has 0 spiro atoms. The van der Waals surface area contributed by atoms with Crippen molar-refractivity contribution in [3.05, 3.63) is 24.0 Å². The van der Waals surface area contributed by atoms with Crippen LogP contribution < -0.4 is 5.46 Å². The Morgan fingerprint density at radius 3 is 2.31 bits per heavy atom. The van der Waals surface area contributed by atoms with Crippen molar-refractivity contribution >= 4 is 18.7 Å². The summed E-state index contributed by atoms with van der Waals surface area (Å²) in [6.45, 7) is 14.0. The molecule has 1 amide bonds. The van der Waals surface area contributed by atoms with Crippen molar-refractivity contribution in [2.75, 3.05) is 13.1 Å². The fraction of sp³-hybridized carbons (Fsp3) is 0.684. The Labute approximate surface area is 157 Å². The molecule has 2 fully saturated rings. The summed E-state index contributed by atoms with van der Waals surface area (Å²) >= 11 is 0. The van der Waals surface area contributed by atoms with E-state index in [9.17, 15) is 4.79 Å². The largest absolute Gasteiger partial charge is 0.496 e. The molecule has 2 saturated heterocycles. The lowest BCUT2D eigenvalue weighted by molar-refractivity contribution is 0.00578. The third-order valence-corrected chi connectivity index (χ3v) is 5.09. The van der Waals surface area contributed by atoms with Crippen LogP contribution in [-0.2, 0) is 14.0 Å². The van der Waals surface area contributed by atoms with Crippen LogP contribution in [-0.4, -0.2) is 53.0 Å². The van der Waals surface area contributed by atoms with Gasteiger partial charge in [-0.05, 0) is 54.5 Å². The van der Waals surface area contributed by atoms with Crippen molar-refractivity contribution in [3.8, 4) is 0 Å². The molecule has 2 aliphatic heterocycles. The maximum atomic E-state index is 12.1. The van der Waals surface area contributed by atoms with E-state index in [1.165, 1.54) is 4.90 Å². The first kappa shape index (κ1) is 17.8. The minimum absolute atomic E-state index is 0.269. The third kappa shape index (κ3) is 3.74. The lowest BCUT2D eigenvalue weighted by Crippen LogP contribution is -2.50. The number of rotatable bonds is 2. The molecule has 1 aromatic rings. The van der Waals surface area contributed by atoms with Crippen LogP contribution in [0.4, 0.5) is 4.79 Å². The molecule has 2 aliphatic rings. The smallest absolute Gasteiger partial charge is 0.444 e.